The standard InChI is InChI=1S/C11H13N3OS/c1-6-5-7(2)14(13-6)11-12-8(3)10(16-11)9(4)15/h5H,1-4H3. The smallest absolute Gasteiger partial charge is 0.211 e. The molecule has 0 aliphatic heterocycles. The molecule has 0 aliphatic carbocycles. The van der Waals surface area contributed by atoms with E-state index in [1.54, 1.807) is 11.6 Å². The van der Waals surface area contributed by atoms with Gasteiger partial charge in [-0.05, 0) is 26.8 Å². The highest BCUT2D eigenvalue weighted by atomic mass is 32.1. The molecule has 0 spiro atoms. The lowest BCUT2D eigenvalue weighted by atomic mass is 10.3. The maximum Gasteiger partial charge on any atom is 0.211 e. The molecule has 0 N–H and O–H groups in total. The summed E-state index contributed by atoms with van der Waals surface area (Å²) in [6, 6.07) is 1.99. The van der Waals surface area contributed by atoms with Crippen molar-refractivity contribution >= 4 is 17.1 Å². The second-order valence-corrected chi connectivity index (χ2v) is 4.78. The summed E-state index contributed by atoms with van der Waals surface area (Å²) in [5.74, 6) is 0.0581. The zero-order valence-corrected chi connectivity index (χ0v) is 10.6. The lowest BCUT2D eigenvalue weighted by Crippen LogP contribution is -1.97. The molecule has 0 atom stereocenters. The molecule has 0 saturated heterocycles. The Hall–Kier alpha value is -1.49. The molecule has 2 heterocycles. The molecule has 2 aromatic heterocycles. The fourth-order valence-corrected chi connectivity index (χ4v) is 2.60. The number of ketones is 1. The molecule has 0 radical (unpaired) electrons. The van der Waals surface area contributed by atoms with Gasteiger partial charge in [0.25, 0.3) is 0 Å². The highest BCUT2D eigenvalue weighted by Gasteiger charge is 2.14. The summed E-state index contributed by atoms with van der Waals surface area (Å²) in [7, 11) is 0. The number of carbonyl (C=O) groups excluding carboxylic acids is 1. The first kappa shape index (κ1) is 11.0. The van der Waals surface area contributed by atoms with Crippen LogP contribution >= 0.6 is 11.3 Å². The number of Topliss-reactive ketones (excluding diaryl/α,β-unsaturated/α-hetero) is 1. The molecule has 0 bridgehead atoms. The number of aromatic nitrogens is 3. The Balaban J connectivity index is 2.53. The monoisotopic (exact) mass is 235 g/mol. The summed E-state index contributed by atoms with van der Waals surface area (Å²) < 4.78 is 1.78. The van der Waals surface area contributed by atoms with Crippen LogP contribution in [-0.4, -0.2) is 20.5 Å². The van der Waals surface area contributed by atoms with Gasteiger partial charge in [-0.2, -0.15) is 5.10 Å². The summed E-state index contributed by atoms with van der Waals surface area (Å²) >= 11 is 1.39. The number of thiazole rings is 1. The van der Waals surface area contributed by atoms with E-state index < -0.39 is 0 Å². The Bertz CT molecular complexity index is 554. The predicted molar refractivity (Wildman–Crippen MR) is 63.5 cm³/mol. The van der Waals surface area contributed by atoms with Crippen molar-refractivity contribution in [3.63, 3.8) is 0 Å². The van der Waals surface area contributed by atoms with Crippen molar-refractivity contribution in [3.8, 4) is 5.13 Å². The molecule has 5 heteroatoms. The first-order chi connectivity index (χ1) is 7.49. The average molecular weight is 235 g/mol. The van der Waals surface area contributed by atoms with Crippen LogP contribution in [0.3, 0.4) is 0 Å². The lowest BCUT2D eigenvalue weighted by molar-refractivity contribution is 0.102. The van der Waals surface area contributed by atoms with E-state index in [2.05, 4.69) is 10.1 Å². The molecule has 0 unspecified atom stereocenters. The summed E-state index contributed by atoms with van der Waals surface area (Å²) in [6.07, 6.45) is 0. The van der Waals surface area contributed by atoms with Gasteiger partial charge in [0.15, 0.2) is 5.78 Å². The van der Waals surface area contributed by atoms with Gasteiger partial charge in [0.1, 0.15) is 0 Å². The van der Waals surface area contributed by atoms with Gasteiger partial charge in [-0.25, -0.2) is 9.67 Å². The quantitative estimate of drug-likeness (QED) is 0.751. The Labute approximate surface area is 97.9 Å². The normalized spacial score (nSPS) is 10.8. The van der Waals surface area contributed by atoms with Crippen molar-refractivity contribution in [2.45, 2.75) is 27.7 Å². The third-order valence-corrected chi connectivity index (χ3v) is 3.53. The highest BCUT2D eigenvalue weighted by Crippen LogP contribution is 2.22. The van der Waals surface area contributed by atoms with Gasteiger partial charge in [-0.3, -0.25) is 4.79 Å². The minimum absolute atomic E-state index is 0.0581. The van der Waals surface area contributed by atoms with E-state index in [1.807, 2.05) is 26.8 Å². The Morgan fingerprint density at radius 2 is 2.06 bits per heavy atom. The second kappa shape index (κ2) is 3.83. The zero-order chi connectivity index (χ0) is 11.9. The van der Waals surface area contributed by atoms with E-state index >= 15 is 0 Å². The van der Waals surface area contributed by atoms with Crippen LogP contribution in [0.2, 0.25) is 0 Å². The van der Waals surface area contributed by atoms with Gasteiger partial charge in [-0.1, -0.05) is 11.3 Å². The molecule has 0 aliphatic rings. The topological polar surface area (TPSA) is 47.8 Å². The van der Waals surface area contributed by atoms with Crippen molar-refractivity contribution in [1.29, 1.82) is 0 Å². The molecular weight excluding hydrogens is 222 g/mol. The minimum atomic E-state index is 0.0581. The SMILES string of the molecule is CC(=O)c1sc(-n2nc(C)cc2C)nc1C. The van der Waals surface area contributed by atoms with Crippen LogP contribution < -0.4 is 0 Å². The molecular formula is C11H13N3OS. The van der Waals surface area contributed by atoms with Gasteiger partial charge in [0.05, 0.1) is 16.3 Å². The fraction of sp³-hybridized carbons (Fsp3) is 0.364. The summed E-state index contributed by atoms with van der Waals surface area (Å²) in [6.45, 7) is 7.33. The van der Waals surface area contributed by atoms with Crippen molar-refractivity contribution in [1.82, 2.24) is 14.8 Å². The van der Waals surface area contributed by atoms with Crippen LogP contribution in [0, 0.1) is 20.8 Å². The number of carbonyl (C=O) groups is 1. The molecule has 0 amide bonds. The summed E-state index contributed by atoms with van der Waals surface area (Å²) in [5, 5.41) is 5.11. The molecule has 4 nitrogen and oxygen atoms in total. The van der Waals surface area contributed by atoms with E-state index in [4.69, 9.17) is 0 Å². The van der Waals surface area contributed by atoms with Crippen LogP contribution in [-0.2, 0) is 0 Å². The van der Waals surface area contributed by atoms with Gasteiger partial charge in [0.2, 0.25) is 5.13 Å². The van der Waals surface area contributed by atoms with Crippen molar-refractivity contribution in [2.24, 2.45) is 0 Å². The van der Waals surface area contributed by atoms with Crippen molar-refractivity contribution in [2.75, 3.05) is 0 Å². The maximum atomic E-state index is 11.3. The predicted octanol–water partition coefficient (Wildman–Crippen LogP) is 2.46. The number of nitrogens with zero attached hydrogens (tertiary/aromatic N) is 3. The molecule has 84 valence electrons. The Morgan fingerprint density at radius 3 is 2.50 bits per heavy atom. The zero-order valence-electron chi connectivity index (χ0n) is 9.74. The van der Waals surface area contributed by atoms with Gasteiger partial charge in [0, 0.05) is 12.6 Å². The fourth-order valence-electron chi connectivity index (χ4n) is 1.62. The lowest BCUT2D eigenvalue weighted by Gasteiger charge is -1.96. The van der Waals surface area contributed by atoms with Crippen LogP contribution in [0.25, 0.3) is 5.13 Å². The largest absolute Gasteiger partial charge is 0.294 e. The van der Waals surface area contributed by atoms with Gasteiger partial charge < -0.3 is 0 Å². The number of hydrogen-bond acceptors (Lipinski definition) is 4. The summed E-state index contributed by atoms with van der Waals surface area (Å²) in [4.78, 5) is 16.4. The first-order valence-electron chi connectivity index (χ1n) is 5.01. The highest BCUT2D eigenvalue weighted by molar-refractivity contribution is 7.16. The third-order valence-electron chi connectivity index (χ3n) is 2.30. The van der Waals surface area contributed by atoms with Crippen LogP contribution in [0.4, 0.5) is 0 Å². The first-order valence-corrected chi connectivity index (χ1v) is 5.82. The van der Waals surface area contributed by atoms with Gasteiger partial charge in [-0.15, -0.1) is 0 Å². The van der Waals surface area contributed by atoms with E-state index in [0.717, 1.165) is 22.2 Å². The van der Waals surface area contributed by atoms with E-state index in [-0.39, 0.29) is 5.78 Å². The Kier molecular flexibility index (Phi) is 2.63. The van der Waals surface area contributed by atoms with Crippen LogP contribution in [0.1, 0.15) is 33.7 Å². The number of rotatable bonds is 2. The average Bonchev–Trinajstić information content (AvgIpc) is 2.69. The maximum absolute atomic E-state index is 11.3. The molecule has 16 heavy (non-hydrogen) atoms. The number of aryl methyl sites for hydroxylation is 3. The molecule has 2 aromatic rings. The molecule has 2 rings (SSSR count). The van der Waals surface area contributed by atoms with E-state index in [9.17, 15) is 4.79 Å². The van der Waals surface area contributed by atoms with Crippen molar-refractivity contribution in [3.05, 3.63) is 28.0 Å². The number of hydrogen-bond donors (Lipinski definition) is 0. The minimum Gasteiger partial charge on any atom is -0.294 e. The van der Waals surface area contributed by atoms with Gasteiger partial charge >= 0.3 is 0 Å². The summed E-state index contributed by atoms with van der Waals surface area (Å²) in [5.41, 5.74) is 2.76. The van der Waals surface area contributed by atoms with E-state index in [1.165, 1.54) is 11.3 Å². The Morgan fingerprint density at radius 1 is 1.38 bits per heavy atom. The molecule has 0 saturated carbocycles. The molecule has 0 fully saturated rings. The van der Waals surface area contributed by atoms with Crippen molar-refractivity contribution < 1.29 is 4.79 Å². The third kappa shape index (κ3) is 1.78. The second-order valence-electron chi connectivity index (χ2n) is 3.81. The van der Waals surface area contributed by atoms with Crippen LogP contribution in [0.5, 0.6) is 0 Å². The molecule has 0 aromatic carbocycles. The van der Waals surface area contributed by atoms with Crippen LogP contribution in [0.15, 0.2) is 6.07 Å². The van der Waals surface area contributed by atoms with E-state index in [0.29, 0.717) is 4.88 Å².